The number of carbonyl (C=O) groups excluding carboxylic acids is 4. The SMILES string of the molecule is O=C[C@H](CC1CCCNC1=O)NC(=O)[C@H](Cc1ccccc1)NC(=O)/C=C/c1ccc(F)cc1. The second-order valence-electron chi connectivity index (χ2n) is 8.25. The number of rotatable bonds is 10. The van der Waals surface area contributed by atoms with E-state index < -0.39 is 23.9 Å². The van der Waals surface area contributed by atoms with E-state index in [9.17, 15) is 23.6 Å². The first-order valence-corrected chi connectivity index (χ1v) is 11.3. The Morgan fingerprint density at radius 3 is 2.50 bits per heavy atom. The molecule has 1 heterocycles. The van der Waals surface area contributed by atoms with Gasteiger partial charge in [-0.3, -0.25) is 14.4 Å². The zero-order chi connectivity index (χ0) is 24.3. The molecule has 0 aliphatic carbocycles. The number of aldehydes is 1. The van der Waals surface area contributed by atoms with Crippen molar-refractivity contribution in [2.75, 3.05) is 6.54 Å². The predicted octanol–water partition coefficient (Wildman–Crippen LogP) is 2.17. The molecule has 1 aliphatic heterocycles. The van der Waals surface area contributed by atoms with Crippen LogP contribution in [0.1, 0.15) is 30.4 Å². The third-order valence-corrected chi connectivity index (χ3v) is 5.64. The van der Waals surface area contributed by atoms with E-state index in [0.717, 1.165) is 12.0 Å². The van der Waals surface area contributed by atoms with Gasteiger partial charge in [0.15, 0.2) is 0 Å². The number of nitrogens with one attached hydrogen (secondary N) is 3. The van der Waals surface area contributed by atoms with Crippen molar-refractivity contribution in [2.24, 2.45) is 5.92 Å². The molecule has 3 atom stereocenters. The smallest absolute Gasteiger partial charge is 0.244 e. The summed E-state index contributed by atoms with van der Waals surface area (Å²) in [5.74, 6) is -1.86. The van der Waals surface area contributed by atoms with Crippen LogP contribution in [0.25, 0.3) is 6.08 Å². The zero-order valence-corrected chi connectivity index (χ0v) is 18.7. The molecule has 34 heavy (non-hydrogen) atoms. The zero-order valence-electron chi connectivity index (χ0n) is 18.7. The lowest BCUT2D eigenvalue weighted by Gasteiger charge is -2.25. The molecule has 2 aromatic carbocycles. The molecule has 8 heteroatoms. The van der Waals surface area contributed by atoms with Crippen molar-refractivity contribution in [3.05, 3.63) is 77.6 Å². The van der Waals surface area contributed by atoms with E-state index in [2.05, 4.69) is 16.0 Å². The summed E-state index contributed by atoms with van der Waals surface area (Å²) in [6.07, 6.45) is 5.31. The Bertz CT molecular complexity index is 1020. The maximum absolute atomic E-state index is 13.1. The van der Waals surface area contributed by atoms with Crippen molar-refractivity contribution in [3.63, 3.8) is 0 Å². The van der Waals surface area contributed by atoms with Crippen LogP contribution >= 0.6 is 0 Å². The summed E-state index contributed by atoms with van der Waals surface area (Å²) in [6, 6.07) is 13.0. The van der Waals surface area contributed by atoms with Crippen molar-refractivity contribution in [2.45, 2.75) is 37.8 Å². The molecule has 178 valence electrons. The highest BCUT2D eigenvalue weighted by atomic mass is 19.1. The van der Waals surface area contributed by atoms with Crippen molar-refractivity contribution in [3.8, 4) is 0 Å². The van der Waals surface area contributed by atoms with Gasteiger partial charge in [-0.1, -0.05) is 42.5 Å². The molecule has 1 saturated heterocycles. The summed E-state index contributed by atoms with van der Waals surface area (Å²) in [5.41, 5.74) is 1.46. The fourth-order valence-electron chi connectivity index (χ4n) is 3.82. The average Bonchev–Trinajstić information content (AvgIpc) is 2.84. The fraction of sp³-hybridized carbons (Fsp3) is 0.308. The van der Waals surface area contributed by atoms with Crippen LogP contribution in [-0.4, -0.2) is 42.6 Å². The van der Waals surface area contributed by atoms with Crippen molar-refractivity contribution in [1.82, 2.24) is 16.0 Å². The first kappa shape index (κ1) is 24.8. The molecule has 1 fully saturated rings. The lowest BCUT2D eigenvalue weighted by molar-refractivity contribution is -0.130. The van der Waals surface area contributed by atoms with Gasteiger partial charge in [0.05, 0.1) is 6.04 Å². The lowest BCUT2D eigenvalue weighted by atomic mass is 9.92. The van der Waals surface area contributed by atoms with E-state index in [1.54, 1.807) is 0 Å². The van der Waals surface area contributed by atoms with E-state index in [-0.39, 0.29) is 30.5 Å². The second-order valence-corrected chi connectivity index (χ2v) is 8.25. The number of halogens is 1. The molecular formula is C26H28FN3O4. The number of benzene rings is 2. The van der Waals surface area contributed by atoms with Crippen molar-refractivity contribution >= 4 is 30.1 Å². The van der Waals surface area contributed by atoms with E-state index >= 15 is 0 Å². The Labute approximate surface area is 197 Å². The predicted molar refractivity (Wildman–Crippen MR) is 126 cm³/mol. The maximum Gasteiger partial charge on any atom is 0.244 e. The van der Waals surface area contributed by atoms with Crippen molar-refractivity contribution in [1.29, 1.82) is 0 Å². The lowest BCUT2D eigenvalue weighted by Crippen LogP contribution is -2.51. The molecule has 0 radical (unpaired) electrons. The molecule has 3 amide bonds. The monoisotopic (exact) mass is 465 g/mol. The van der Waals surface area contributed by atoms with Gasteiger partial charge in [0.1, 0.15) is 18.1 Å². The first-order chi connectivity index (χ1) is 16.4. The first-order valence-electron chi connectivity index (χ1n) is 11.3. The summed E-state index contributed by atoms with van der Waals surface area (Å²) in [5, 5.41) is 8.13. The number of carbonyl (C=O) groups is 4. The molecule has 7 nitrogen and oxygen atoms in total. The molecule has 0 bridgehead atoms. The van der Waals surface area contributed by atoms with Crippen LogP contribution in [-0.2, 0) is 25.6 Å². The minimum atomic E-state index is -0.935. The maximum atomic E-state index is 13.1. The highest BCUT2D eigenvalue weighted by Gasteiger charge is 2.28. The van der Waals surface area contributed by atoms with Crippen LogP contribution in [0.2, 0.25) is 0 Å². The molecule has 3 N–H and O–H groups in total. The van der Waals surface area contributed by atoms with E-state index in [0.29, 0.717) is 24.8 Å². The summed E-state index contributed by atoms with van der Waals surface area (Å²) in [6.45, 7) is 0.615. The minimum Gasteiger partial charge on any atom is -0.356 e. The van der Waals surface area contributed by atoms with E-state index in [4.69, 9.17) is 0 Å². The average molecular weight is 466 g/mol. The van der Waals surface area contributed by atoms with E-state index in [1.807, 2.05) is 30.3 Å². The molecule has 1 aliphatic rings. The van der Waals surface area contributed by atoms with Crippen LogP contribution in [0, 0.1) is 11.7 Å². The number of piperidine rings is 1. The van der Waals surface area contributed by atoms with Gasteiger partial charge in [0.25, 0.3) is 0 Å². The number of hydrogen-bond donors (Lipinski definition) is 3. The van der Waals surface area contributed by atoms with E-state index in [1.165, 1.54) is 36.4 Å². The van der Waals surface area contributed by atoms with Gasteiger partial charge in [-0.2, -0.15) is 0 Å². The van der Waals surface area contributed by atoms with Crippen LogP contribution in [0.3, 0.4) is 0 Å². The Balaban J connectivity index is 1.67. The highest BCUT2D eigenvalue weighted by Crippen LogP contribution is 2.17. The third kappa shape index (κ3) is 7.65. The molecular weight excluding hydrogens is 437 g/mol. The van der Waals surface area contributed by atoms with Crippen molar-refractivity contribution < 1.29 is 23.6 Å². The number of amides is 3. The Morgan fingerprint density at radius 1 is 1.09 bits per heavy atom. The molecule has 3 rings (SSSR count). The molecule has 0 aromatic heterocycles. The summed E-state index contributed by atoms with van der Waals surface area (Å²) in [4.78, 5) is 49.2. The highest BCUT2D eigenvalue weighted by molar-refractivity contribution is 5.96. The topological polar surface area (TPSA) is 104 Å². The minimum absolute atomic E-state index is 0.118. The van der Waals surface area contributed by atoms with Gasteiger partial charge in [0.2, 0.25) is 17.7 Å². The molecule has 1 unspecified atom stereocenters. The van der Waals surface area contributed by atoms with Gasteiger partial charge in [-0.15, -0.1) is 0 Å². The molecule has 2 aromatic rings. The molecule has 0 spiro atoms. The van der Waals surface area contributed by atoms with Crippen LogP contribution in [0.5, 0.6) is 0 Å². The Morgan fingerprint density at radius 2 is 1.82 bits per heavy atom. The van der Waals surface area contributed by atoms with Gasteiger partial charge in [-0.05, 0) is 48.6 Å². The second kappa shape index (κ2) is 12.4. The normalized spacial score (nSPS) is 17.4. The van der Waals surface area contributed by atoms with Gasteiger partial charge < -0.3 is 20.7 Å². The van der Waals surface area contributed by atoms with Crippen LogP contribution in [0.4, 0.5) is 4.39 Å². The Kier molecular flexibility index (Phi) is 9.08. The summed E-state index contributed by atoms with van der Waals surface area (Å²) < 4.78 is 13.1. The third-order valence-electron chi connectivity index (χ3n) is 5.64. The largest absolute Gasteiger partial charge is 0.356 e. The van der Waals surface area contributed by atoms with Gasteiger partial charge in [-0.25, -0.2) is 4.39 Å². The van der Waals surface area contributed by atoms with Gasteiger partial charge in [0, 0.05) is 25.0 Å². The Hall–Kier alpha value is -3.81. The van der Waals surface area contributed by atoms with Gasteiger partial charge >= 0.3 is 0 Å². The summed E-state index contributed by atoms with van der Waals surface area (Å²) >= 11 is 0. The standard InChI is InChI=1S/C26H28FN3O4/c27-21-11-8-18(9-12-21)10-13-24(32)30-23(15-19-5-2-1-3-6-19)26(34)29-22(17-31)16-20-7-4-14-28-25(20)33/h1-3,5-6,8-13,17,20,22-23H,4,7,14-16H2,(H,28,33)(H,29,34)(H,30,32)/b13-10+/t20?,22-,23-/m0/s1. The quantitative estimate of drug-likeness (QED) is 0.370. The van der Waals surface area contributed by atoms with Crippen LogP contribution in [0.15, 0.2) is 60.7 Å². The number of hydrogen-bond acceptors (Lipinski definition) is 4. The summed E-state index contributed by atoms with van der Waals surface area (Å²) in [7, 11) is 0. The molecule has 0 saturated carbocycles. The fourth-order valence-corrected chi connectivity index (χ4v) is 3.82. The van der Waals surface area contributed by atoms with Crippen LogP contribution < -0.4 is 16.0 Å².